The Morgan fingerprint density at radius 3 is 2.50 bits per heavy atom. The number of rotatable bonds is 5. The van der Waals surface area contributed by atoms with Gasteiger partial charge in [-0.2, -0.15) is 0 Å². The Balaban J connectivity index is 1.81. The lowest BCUT2D eigenvalue weighted by Gasteiger charge is -2.29. The molecule has 0 bridgehead atoms. The topological polar surface area (TPSA) is 29.1 Å². The van der Waals surface area contributed by atoms with Crippen molar-refractivity contribution >= 4 is 17.5 Å². The van der Waals surface area contributed by atoms with Gasteiger partial charge in [0, 0.05) is 6.04 Å². The zero-order chi connectivity index (χ0) is 14.4. The summed E-state index contributed by atoms with van der Waals surface area (Å²) in [6.45, 7) is 2.24. The average molecular weight is 294 g/mol. The number of benzene rings is 1. The fourth-order valence-electron chi connectivity index (χ4n) is 3.05. The normalized spacial score (nSPS) is 24.1. The number of hydrogen-bond donors (Lipinski definition) is 1. The molecule has 1 aromatic carbocycles. The molecule has 110 valence electrons. The summed E-state index contributed by atoms with van der Waals surface area (Å²) in [5.74, 6) is 0.797. The quantitative estimate of drug-likeness (QED) is 0.799. The maximum Gasteiger partial charge on any atom is 0.242 e. The van der Waals surface area contributed by atoms with Crippen LogP contribution in [0.4, 0.5) is 0 Å². The number of halogens is 1. The highest BCUT2D eigenvalue weighted by molar-refractivity contribution is 6.30. The number of nitrogens with one attached hydrogen (secondary N) is 1. The SMILES string of the molecule is CCCC1CCC(NC(=O)C(Cl)c2ccccc2)CC1. The smallest absolute Gasteiger partial charge is 0.242 e. The molecule has 1 aliphatic rings. The van der Waals surface area contributed by atoms with E-state index in [9.17, 15) is 4.79 Å². The van der Waals surface area contributed by atoms with Crippen molar-refractivity contribution in [2.45, 2.75) is 56.9 Å². The van der Waals surface area contributed by atoms with Crippen LogP contribution in [-0.4, -0.2) is 11.9 Å². The van der Waals surface area contributed by atoms with Gasteiger partial charge in [0.25, 0.3) is 0 Å². The zero-order valence-corrected chi connectivity index (χ0v) is 12.9. The first-order valence-corrected chi connectivity index (χ1v) is 8.13. The van der Waals surface area contributed by atoms with Gasteiger partial charge in [0.05, 0.1) is 0 Å². The maximum atomic E-state index is 12.2. The van der Waals surface area contributed by atoms with Crippen LogP contribution in [0.25, 0.3) is 0 Å². The molecule has 0 spiro atoms. The molecule has 1 unspecified atom stereocenters. The van der Waals surface area contributed by atoms with Crippen LogP contribution in [-0.2, 0) is 4.79 Å². The summed E-state index contributed by atoms with van der Waals surface area (Å²) in [5, 5.41) is 2.53. The fourth-order valence-corrected chi connectivity index (χ4v) is 3.26. The van der Waals surface area contributed by atoms with Crippen molar-refractivity contribution in [3.05, 3.63) is 35.9 Å². The third-order valence-electron chi connectivity index (χ3n) is 4.21. The van der Waals surface area contributed by atoms with Crippen molar-refractivity contribution in [1.82, 2.24) is 5.32 Å². The van der Waals surface area contributed by atoms with E-state index in [-0.39, 0.29) is 5.91 Å². The Bertz CT molecular complexity index is 412. The summed E-state index contributed by atoms with van der Waals surface area (Å²) in [5.41, 5.74) is 0.867. The Labute approximate surface area is 126 Å². The molecule has 2 nitrogen and oxygen atoms in total. The van der Waals surface area contributed by atoms with Crippen LogP contribution in [0.2, 0.25) is 0 Å². The van der Waals surface area contributed by atoms with E-state index in [0.29, 0.717) is 6.04 Å². The third-order valence-corrected chi connectivity index (χ3v) is 4.66. The molecule has 3 heteroatoms. The van der Waals surface area contributed by atoms with Crippen molar-refractivity contribution < 1.29 is 4.79 Å². The van der Waals surface area contributed by atoms with Gasteiger partial charge in [-0.3, -0.25) is 4.79 Å². The Morgan fingerprint density at radius 2 is 1.90 bits per heavy atom. The molecular weight excluding hydrogens is 270 g/mol. The predicted octanol–water partition coefficient (Wildman–Crippen LogP) is 4.44. The van der Waals surface area contributed by atoms with Crippen LogP contribution in [0.15, 0.2) is 30.3 Å². The van der Waals surface area contributed by atoms with Gasteiger partial charge in [0.1, 0.15) is 5.38 Å². The van der Waals surface area contributed by atoms with E-state index in [1.165, 1.54) is 25.7 Å². The summed E-state index contributed by atoms with van der Waals surface area (Å²) < 4.78 is 0. The highest BCUT2D eigenvalue weighted by atomic mass is 35.5. The molecule has 0 saturated heterocycles. The van der Waals surface area contributed by atoms with Crippen molar-refractivity contribution in [3.63, 3.8) is 0 Å². The van der Waals surface area contributed by atoms with E-state index < -0.39 is 5.38 Å². The van der Waals surface area contributed by atoms with Gasteiger partial charge < -0.3 is 5.32 Å². The number of alkyl halides is 1. The predicted molar refractivity (Wildman–Crippen MR) is 83.8 cm³/mol. The summed E-state index contributed by atoms with van der Waals surface area (Å²) in [6.07, 6.45) is 7.24. The molecule has 0 heterocycles. The van der Waals surface area contributed by atoms with Crippen LogP contribution in [0.5, 0.6) is 0 Å². The molecule has 1 amide bonds. The number of carbonyl (C=O) groups excluding carboxylic acids is 1. The molecular formula is C17H24ClNO. The molecule has 0 radical (unpaired) electrons. The van der Waals surface area contributed by atoms with Crippen molar-refractivity contribution in [1.29, 1.82) is 0 Å². The van der Waals surface area contributed by atoms with E-state index in [2.05, 4.69) is 12.2 Å². The first kappa shape index (κ1) is 15.4. The minimum Gasteiger partial charge on any atom is -0.352 e. The summed E-state index contributed by atoms with van der Waals surface area (Å²) in [7, 11) is 0. The number of amides is 1. The lowest BCUT2D eigenvalue weighted by molar-refractivity contribution is -0.121. The second-order valence-electron chi connectivity index (χ2n) is 5.79. The van der Waals surface area contributed by atoms with Crippen molar-refractivity contribution in [3.8, 4) is 0 Å². The number of carbonyl (C=O) groups is 1. The van der Waals surface area contributed by atoms with E-state index in [0.717, 1.165) is 24.3 Å². The minimum absolute atomic E-state index is 0.0585. The standard InChI is InChI=1S/C17H24ClNO/c1-2-6-13-9-11-15(12-10-13)19-17(20)16(18)14-7-4-3-5-8-14/h3-5,7-8,13,15-16H,2,6,9-12H2,1H3,(H,19,20). The molecule has 1 atom stereocenters. The molecule has 1 aliphatic carbocycles. The highest BCUT2D eigenvalue weighted by Gasteiger charge is 2.24. The van der Waals surface area contributed by atoms with Crippen molar-refractivity contribution in [2.24, 2.45) is 5.92 Å². The summed E-state index contributed by atoms with van der Waals surface area (Å²) >= 11 is 6.24. The second-order valence-corrected chi connectivity index (χ2v) is 6.22. The largest absolute Gasteiger partial charge is 0.352 e. The third kappa shape index (κ3) is 4.24. The van der Waals surface area contributed by atoms with Crippen LogP contribution >= 0.6 is 11.6 Å². The number of hydrogen-bond acceptors (Lipinski definition) is 1. The van der Waals surface area contributed by atoms with Crippen LogP contribution in [0.3, 0.4) is 0 Å². The molecule has 1 saturated carbocycles. The molecule has 0 aromatic heterocycles. The average Bonchev–Trinajstić information content (AvgIpc) is 2.49. The Hall–Kier alpha value is -1.02. The van der Waals surface area contributed by atoms with E-state index in [1.807, 2.05) is 30.3 Å². The molecule has 2 rings (SSSR count). The molecule has 1 N–H and O–H groups in total. The molecule has 20 heavy (non-hydrogen) atoms. The van der Waals surface area contributed by atoms with Gasteiger partial charge in [-0.05, 0) is 37.2 Å². The Morgan fingerprint density at radius 1 is 1.25 bits per heavy atom. The van der Waals surface area contributed by atoms with Gasteiger partial charge in [0.15, 0.2) is 0 Å². The first-order chi connectivity index (χ1) is 9.70. The van der Waals surface area contributed by atoms with Crippen LogP contribution < -0.4 is 5.32 Å². The fraction of sp³-hybridized carbons (Fsp3) is 0.588. The zero-order valence-electron chi connectivity index (χ0n) is 12.1. The Kier molecular flexibility index (Phi) is 5.90. The van der Waals surface area contributed by atoms with Crippen molar-refractivity contribution in [2.75, 3.05) is 0 Å². The second kappa shape index (κ2) is 7.68. The van der Waals surface area contributed by atoms with Gasteiger partial charge in [-0.15, -0.1) is 11.6 Å². The molecule has 1 aromatic rings. The maximum absolute atomic E-state index is 12.2. The molecule has 0 aliphatic heterocycles. The van der Waals surface area contributed by atoms with E-state index in [1.54, 1.807) is 0 Å². The van der Waals surface area contributed by atoms with Crippen LogP contribution in [0, 0.1) is 5.92 Å². The van der Waals surface area contributed by atoms with Gasteiger partial charge in [-0.25, -0.2) is 0 Å². The van der Waals surface area contributed by atoms with Crippen LogP contribution in [0.1, 0.15) is 56.4 Å². The molecule has 1 fully saturated rings. The summed E-state index contributed by atoms with van der Waals surface area (Å²) in [6, 6.07) is 9.85. The lowest BCUT2D eigenvalue weighted by Crippen LogP contribution is -2.39. The first-order valence-electron chi connectivity index (χ1n) is 7.70. The highest BCUT2D eigenvalue weighted by Crippen LogP contribution is 2.28. The van der Waals surface area contributed by atoms with E-state index in [4.69, 9.17) is 11.6 Å². The monoisotopic (exact) mass is 293 g/mol. The summed E-state index contributed by atoms with van der Waals surface area (Å²) in [4.78, 5) is 12.2. The van der Waals surface area contributed by atoms with Gasteiger partial charge in [0.2, 0.25) is 5.91 Å². The van der Waals surface area contributed by atoms with Gasteiger partial charge in [-0.1, -0.05) is 50.1 Å². The lowest BCUT2D eigenvalue weighted by atomic mass is 9.83. The van der Waals surface area contributed by atoms with E-state index >= 15 is 0 Å². The van der Waals surface area contributed by atoms with Gasteiger partial charge >= 0.3 is 0 Å². The minimum atomic E-state index is -0.579.